The molecule has 1 N–H and O–H groups in total. The summed E-state index contributed by atoms with van der Waals surface area (Å²) < 4.78 is 28.4. The topological polar surface area (TPSA) is 88.0 Å². The Balaban J connectivity index is 1.67. The predicted octanol–water partition coefficient (Wildman–Crippen LogP) is 2.59. The van der Waals surface area contributed by atoms with Crippen LogP contribution >= 0.6 is 0 Å². The Labute approximate surface area is 183 Å². The molecule has 170 valence electrons. The summed E-state index contributed by atoms with van der Waals surface area (Å²) in [5.74, 6) is 4.97. The second-order valence-electron chi connectivity index (χ2n) is 7.59. The van der Waals surface area contributed by atoms with Gasteiger partial charge in [0.25, 0.3) is 0 Å². The van der Waals surface area contributed by atoms with E-state index in [1.165, 1.54) is 0 Å². The predicted molar refractivity (Wildman–Crippen MR) is 113 cm³/mol. The highest BCUT2D eigenvalue weighted by molar-refractivity contribution is 5.95. The lowest BCUT2D eigenvalue weighted by Crippen LogP contribution is -2.37. The van der Waals surface area contributed by atoms with Crippen LogP contribution in [0.1, 0.15) is 39.7 Å². The first-order valence-electron chi connectivity index (χ1n) is 10.6. The summed E-state index contributed by atoms with van der Waals surface area (Å²) in [5, 5.41) is 15.0. The molecule has 0 aromatic heterocycles. The Kier molecular flexibility index (Phi) is 8.43. The highest BCUT2D eigenvalue weighted by Crippen LogP contribution is 2.37. The third-order valence-corrected chi connectivity index (χ3v) is 4.68. The molecule has 1 aromatic rings. The third kappa shape index (κ3) is 6.50. The first-order valence-corrected chi connectivity index (χ1v) is 10.6. The molecule has 2 heterocycles. The zero-order valence-corrected chi connectivity index (χ0v) is 18.4. The summed E-state index contributed by atoms with van der Waals surface area (Å²) in [6.07, 6.45) is -3.41. The maximum Gasteiger partial charge on any atom is 0.222 e. The molecule has 8 nitrogen and oxygen atoms in total. The Morgan fingerprint density at radius 1 is 1.13 bits per heavy atom. The smallest absolute Gasteiger partial charge is 0.222 e. The maximum absolute atomic E-state index is 10.7. The second kappa shape index (κ2) is 11.0. The van der Waals surface area contributed by atoms with Crippen LogP contribution in [0.15, 0.2) is 35.5 Å². The third-order valence-electron chi connectivity index (χ3n) is 4.68. The first kappa shape index (κ1) is 23.7. The van der Waals surface area contributed by atoms with Crippen LogP contribution in [0, 0.1) is 11.8 Å². The van der Waals surface area contributed by atoms with Crippen molar-refractivity contribution in [3.63, 3.8) is 0 Å². The van der Waals surface area contributed by atoms with Crippen LogP contribution in [0.4, 0.5) is 0 Å². The molecule has 0 aliphatic carbocycles. The van der Waals surface area contributed by atoms with Gasteiger partial charge in [-0.1, -0.05) is 41.4 Å². The number of rotatable bonds is 9. The van der Waals surface area contributed by atoms with Gasteiger partial charge in [-0.3, -0.25) is 0 Å². The number of fused-ring (bicyclic) bond motifs is 1. The number of aliphatic hydroxyl groups excluding tert-OH is 1. The fourth-order valence-corrected chi connectivity index (χ4v) is 3.34. The molecule has 0 bridgehead atoms. The Morgan fingerprint density at radius 3 is 2.52 bits per heavy atom. The number of aliphatic hydroxyl groups is 1. The lowest BCUT2D eigenvalue weighted by molar-refractivity contribution is -0.204. The lowest BCUT2D eigenvalue weighted by Gasteiger charge is -2.23. The van der Waals surface area contributed by atoms with E-state index in [1.54, 1.807) is 13.8 Å². The number of ether oxygens (including phenoxy) is 5. The van der Waals surface area contributed by atoms with Crippen molar-refractivity contribution in [1.29, 1.82) is 0 Å². The van der Waals surface area contributed by atoms with Gasteiger partial charge in [0, 0.05) is 19.6 Å². The Hall–Kier alpha value is -1.99. The average molecular weight is 434 g/mol. The van der Waals surface area contributed by atoms with E-state index in [0.717, 1.165) is 5.56 Å². The zero-order valence-electron chi connectivity index (χ0n) is 18.4. The van der Waals surface area contributed by atoms with E-state index in [9.17, 15) is 5.11 Å². The second-order valence-corrected chi connectivity index (χ2v) is 7.59. The minimum Gasteiger partial charge on any atom is -0.391 e. The standard InChI is InChI=1S/C23H31NO7/c1-5-26-18(27-6-2)14-10-13-17(25)20-19(21-22(29-20)31-23(3,4)30-21)24-28-15-16-11-8-7-9-12-16/h7-9,11-12,17-18,20-22,25H,5-6,13,15H2,1-4H3/b24-19+/t17-,20-,21-,22-/m1/s1. The summed E-state index contributed by atoms with van der Waals surface area (Å²) in [5.41, 5.74) is 1.43. The van der Waals surface area contributed by atoms with Crippen LogP contribution in [0.5, 0.6) is 0 Å². The molecule has 2 aliphatic rings. The molecule has 0 amide bonds. The molecule has 3 rings (SSSR count). The normalized spacial score (nSPS) is 26.5. The van der Waals surface area contributed by atoms with Crippen molar-refractivity contribution in [2.45, 2.75) is 77.4 Å². The molecule has 2 fully saturated rings. The van der Waals surface area contributed by atoms with Gasteiger partial charge in [0.05, 0.1) is 6.10 Å². The van der Waals surface area contributed by atoms with Crippen LogP contribution in [0.25, 0.3) is 0 Å². The average Bonchev–Trinajstić information content (AvgIpc) is 3.21. The fourth-order valence-electron chi connectivity index (χ4n) is 3.34. The van der Waals surface area contributed by atoms with E-state index in [-0.39, 0.29) is 6.42 Å². The van der Waals surface area contributed by atoms with Crippen molar-refractivity contribution in [2.75, 3.05) is 13.2 Å². The first-order chi connectivity index (χ1) is 14.9. The monoisotopic (exact) mass is 433 g/mol. The van der Waals surface area contributed by atoms with E-state index in [4.69, 9.17) is 28.5 Å². The van der Waals surface area contributed by atoms with Gasteiger partial charge in [-0.25, -0.2) is 0 Å². The molecule has 4 atom stereocenters. The van der Waals surface area contributed by atoms with Gasteiger partial charge in [0.2, 0.25) is 6.29 Å². The molecule has 0 unspecified atom stereocenters. The molecule has 31 heavy (non-hydrogen) atoms. The van der Waals surface area contributed by atoms with Crippen molar-refractivity contribution < 1.29 is 33.6 Å². The van der Waals surface area contributed by atoms with Gasteiger partial charge >= 0.3 is 0 Å². The van der Waals surface area contributed by atoms with Crippen LogP contribution < -0.4 is 0 Å². The maximum atomic E-state index is 10.7. The van der Waals surface area contributed by atoms with Crippen LogP contribution in [0.2, 0.25) is 0 Å². The molecule has 2 saturated heterocycles. The van der Waals surface area contributed by atoms with E-state index in [2.05, 4.69) is 17.0 Å². The van der Waals surface area contributed by atoms with E-state index in [0.29, 0.717) is 25.5 Å². The molecular weight excluding hydrogens is 402 g/mol. The van der Waals surface area contributed by atoms with Gasteiger partial charge in [-0.2, -0.15) is 0 Å². The molecular formula is C23H31NO7. The quantitative estimate of drug-likeness (QED) is 0.364. The minimum absolute atomic E-state index is 0.141. The minimum atomic E-state index is -0.948. The number of benzene rings is 1. The highest BCUT2D eigenvalue weighted by Gasteiger charge is 2.55. The van der Waals surface area contributed by atoms with Gasteiger partial charge in [-0.15, -0.1) is 0 Å². The van der Waals surface area contributed by atoms with Crippen LogP contribution in [-0.4, -0.2) is 60.7 Å². The number of hydrogen-bond acceptors (Lipinski definition) is 8. The number of oxime groups is 1. The zero-order chi connectivity index (χ0) is 22.3. The van der Waals surface area contributed by atoms with E-state index < -0.39 is 36.7 Å². The molecule has 0 radical (unpaired) electrons. The fraction of sp³-hybridized carbons (Fsp3) is 0.609. The molecule has 0 spiro atoms. The lowest BCUT2D eigenvalue weighted by atomic mass is 10.0. The molecule has 8 heteroatoms. The van der Waals surface area contributed by atoms with Crippen LogP contribution in [0.3, 0.4) is 0 Å². The van der Waals surface area contributed by atoms with Crippen LogP contribution in [-0.2, 0) is 35.1 Å². The Morgan fingerprint density at radius 2 is 1.84 bits per heavy atom. The summed E-state index contributed by atoms with van der Waals surface area (Å²) in [4.78, 5) is 5.55. The summed E-state index contributed by atoms with van der Waals surface area (Å²) in [7, 11) is 0. The van der Waals surface area contributed by atoms with Crippen molar-refractivity contribution >= 4 is 5.71 Å². The van der Waals surface area contributed by atoms with Crippen molar-refractivity contribution in [1.82, 2.24) is 0 Å². The highest BCUT2D eigenvalue weighted by atomic mass is 16.8. The number of hydrogen-bond donors (Lipinski definition) is 1. The van der Waals surface area contributed by atoms with Crippen molar-refractivity contribution in [2.24, 2.45) is 5.16 Å². The van der Waals surface area contributed by atoms with E-state index in [1.807, 2.05) is 44.2 Å². The summed E-state index contributed by atoms with van der Waals surface area (Å²) >= 11 is 0. The molecule has 0 saturated carbocycles. The summed E-state index contributed by atoms with van der Waals surface area (Å²) in [6, 6.07) is 9.69. The van der Waals surface area contributed by atoms with Gasteiger partial charge in [0.15, 0.2) is 18.2 Å². The molecule has 1 aromatic carbocycles. The largest absolute Gasteiger partial charge is 0.391 e. The van der Waals surface area contributed by atoms with E-state index >= 15 is 0 Å². The van der Waals surface area contributed by atoms with Gasteiger partial charge in [0.1, 0.15) is 18.4 Å². The summed E-state index contributed by atoms with van der Waals surface area (Å²) in [6.45, 7) is 8.60. The molecule has 2 aliphatic heterocycles. The SMILES string of the molecule is CCOC(C#CC[C@@H](O)[C@H]1O[C@@H]2OC(C)(C)O[C@@H]2/C1=N/OCc1ccccc1)OCC. The van der Waals surface area contributed by atoms with Crippen molar-refractivity contribution in [3.05, 3.63) is 35.9 Å². The Bertz CT molecular complexity index is 780. The number of nitrogens with zero attached hydrogens (tertiary/aromatic N) is 1. The van der Waals surface area contributed by atoms with Gasteiger partial charge in [-0.05, 0) is 39.2 Å². The van der Waals surface area contributed by atoms with Crippen molar-refractivity contribution in [3.8, 4) is 11.8 Å². The van der Waals surface area contributed by atoms with Gasteiger partial charge < -0.3 is 33.6 Å².